The number of nitrogens with one attached hydrogen (secondary N) is 4. The second kappa shape index (κ2) is 6.19. The van der Waals surface area contributed by atoms with Crippen molar-refractivity contribution in [3.05, 3.63) is 52.1 Å². The number of carbonyl (C=O) groups excluding carboxylic acids is 1. The molecule has 7 heteroatoms. The molecule has 0 unspecified atom stereocenters. The number of fused-ring (bicyclic) bond motifs is 1. The molecule has 0 aliphatic carbocycles. The molecule has 0 spiro atoms. The average molecular weight is 325 g/mol. The van der Waals surface area contributed by atoms with E-state index in [0.717, 1.165) is 11.3 Å². The average Bonchev–Trinajstić information content (AvgIpc) is 2.90. The minimum absolute atomic E-state index is 0.0694. The minimum Gasteiger partial charge on any atom is -0.353 e. The SMILES string of the molecule is Cc1ccc(C(=O)NC(C)C)cc1Nc1ccnc2[nH]c(=O)[nH]c12. The maximum Gasteiger partial charge on any atom is 0.325 e. The van der Waals surface area contributed by atoms with Gasteiger partial charge in [-0.3, -0.25) is 9.78 Å². The van der Waals surface area contributed by atoms with E-state index in [0.29, 0.717) is 22.4 Å². The van der Waals surface area contributed by atoms with Crippen LogP contribution in [0.5, 0.6) is 0 Å². The minimum atomic E-state index is -0.312. The molecule has 2 heterocycles. The third kappa shape index (κ3) is 3.15. The van der Waals surface area contributed by atoms with Crippen LogP contribution in [0.4, 0.5) is 11.4 Å². The number of pyridine rings is 1. The maximum atomic E-state index is 12.2. The molecule has 0 radical (unpaired) electrons. The van der Waals surface area contributed by atoms with Gasteiger partial charge in [-0.15, -0.1) is 0 Å². The summed E-state index contributed by atoms with van der Waals surface area (Å²) in [5.41, 5.74) is 3.83. The van der Waals surface area contributed by atoms with E-state index in [4.69, 9.17) is 0 Å². The molecule has 3 rings (SSSR count). The van der Waals surface area contributed by atoms with Crippen LogP contribution < -0.4 is 16.3 Å². The lowest BCUT2D eigenvalue weighted by molar-refractivity contribution is 0.0943. The number of imidazole rings is 1. The van der Waals surface area contributed by atoms with Crippen LogP contribution in [0, 0.1) is 6.92 Å². The summed E-state index contributed by atoms with van der Waals surface area (Å²) in [5.74, 6) is -0.122. The number of aromatic nitrogens is 3. The van der Waals surface area contributed by atoms with Crippen LogP contribution in [0.15, 0.2) is 35.3 Å². The monoisotopic (exact) mass is 325 g/mol. The number of nitrogens with zero attached hydrogens (tertiary/aromatic N) is 1. The van der Waals surface area contributed by atoms with E-state index in [-0.39, 0.29) is 17.6 Å². The van der Waals surface area contributed by atoms with E-state index in [1.54, 1.807) is 24.4 Å². The van der Waals surface area contributed by atoms with E-state index in [1.807, 2.05) is 26.8 Å². The maximum absolute atomic E-state index is 12.2. The molecule has 0 atom stereocenters. The molecule has 3 aromatic rings. The summed E-state index contributed by atoms with van der Waals surface area (Å²) < 4.78 is 0. The number of benzene rings is 1. The highest BCUT2D eigenvalue weighted by atomic mass is 16.2. The third-order valence-corrected chi connectivity index (χ3v) is 3.61. The Morgan fingerprint density at radius 2 is 1.96 bits per heavy atom. The summed E-state index contributed by atoms with van der Waals surface area (Å²) in [5, 5.41) is 6.14. The van der Waals surface area contributed by atoms with Gasteiger partial charge in [0, 0.05) is 23.5 Å². The van der Waals surface area contributed by atoms with Crippen molar-refractivity contribution in [2.24, 2.45) is 0 Å². The molecule has 1 amide bonds. The fraction of sp³-hybridized carbons (Fsp3) is 0.235. The van der Waals surface area contributed by atoms with Crippen molar-refractivity contribution >= 4 is 28.4 Å². The van der Waals surface area contributed by atoms with Crippen LogP contribution in [0.1, 0.15) is 29.8 Å². The first-order chi connectivity index (χ1) is 11.4. The molecule has 0 aliphatic heterocycles. The van der Waals surface area contributed by atoms with Gasteiger partial charge in [0.2, 0.25) is 0 Å². The van der Waals surface area contributed by atoms with Crippen LogP contribution in [0.25, 0.3) is 11.2 Å². The fourth-order valence-corrected chi connectivity index (χ4v) is 2.43. The first-order valence-corrected chi connectivity index (χ1v) is 7.69. The van der Waals surface area contributed by atoms with Crippen molar-refractivity contribution in [3.8, 4) is 0 Å². The number of anilines is 2. The zero-order valence-electron chi connectivity index (χ0n) is 13.7. The predicted octanol–water partition coefficient (Wildman–Crippen LogP) is 2.44. The number of carbonyl (C=O) groups is 1. The smallest absolute Gasteiger partial charge is 0.325 e. The first-order valence-electron chi connectivity index (χ1n) is 7.69. The van der Waals surface area contributed by atoms with Crippen molar-refractivity contribution in [2.75, 3.05) is 5.32 Å². The van der Waals surface area contributed by atoms with Crippen molar-refractivity contribution in [2.45, 2.75) is 26.8 Å². The molecule has 4 N–H and O–H groups in total. The zero-order chi connectivity index (χ0) is 17.3. The van der Waals surface area contributed by atoms with E-state index < -0.39 is 0 Å². The number of hydrogen-bond acceptors (Lipinski definition) is 4. The Bertz CT molecular complexity index is 955. The third-order valence-electron chi connectivity index (χ3n) is 3.61. The Morgan fingerprint density at radius 1 is 1.17 bits per heavy atom. The number of aryl methyl sites for hydroxylation is 1. The molecule has 0 aliphatic rings. The molecule has 7 nitrogen and oxygen atoms in total. The van der Waals surface area contributed by atoms with Crippen LogP contribution >= 0.6 is 0 Å². The highest BCUT2D eigenvalue weighted by molar-refractivity contribution is 5.96. The van der Waals surface area contributed by atoms with Crippen molar-refractivity contribution in [1.82, 2.24) is 20.3 Å². The molecule has 24 heavy (non-hydrogen) atoms. The second-order valence-corrected chi connectivity index (χ2v) is 5.94. The molecule has 124 valence electrons. The van der Waals surface area contributed by atoms with Gasteiger partial charge in [-0.25, -0.2) is 9.78 Å². The van der Waals surface area contributed by atoms with Gasteiger partial charge in [0.25, 0.3) is 5.91 Å². The predicted molar refractivity (Wildman–Crippen MR) is 93.8 cm³/mol. The van der Waals surface area contributed by atoms with Gasteiger partial charge in [-0.1, -0.05) is 6.07 Å². The summed E-state index contributed by atoms with van der Waals surface area (Å²) in [4.78, 5) is 33.1. The number of H-pyrrole nitrogens is 2. The van der Waals surface area contributed by atoms with Crippen LogP contribution in [0.2, 0.25) is 0 Å². The van der Waals surface area contributed by atoms with Crippen molar-refractivity contribution in [1.29, 1.82) is 0 Å². The largest absolute Gasteiger partial charge is 0.353 e. The van der Waals surface area contributed by atoms with Gasteiger partial charge in [0.15, 0.2) is 5.65 Å². The summed E-state index contributed by atoms with van der Waals surface area (Å²) in [7, 11) is 0. The van der Waals surface area contributed by atoms with Gasteiger partial charge >= 0.3 is 5.69 Å². The van der Waals surface area contributed by atoms with Crippen molar-refractivity contribution < 1.29 is 4.79 Å². The van der Waals surface area contributed by atoms with Gasteiger partial charge in [0.05, 0.1) is 5.69 Å². The standard InChI is InChI=1S/C17H19N5O2/c1-9(2)19-16(23)11-5-4-10(3)13(8-11)20-12-6-7-18-15-14(12)21-17(24)22-15/h4-9H,1-3H3,(H,19,23)(H3,18,20,21,22,24). The van der Waals surface area contributed by atoms with Crippen LogP contribution in [-0.2, 0) is 0 Å². The van der Waals surface area contributed by atoms with Crippen LogP contribution in [0.3, 0.4) is 0 Å². The molecule has 2 aromatic heterocycles. The summed E-state index contributed by atoms with van der Waals surface area (Å²) in [6.45, 7) is 5.78. The molecular weight excluding hydrogens is 306 g/mol. The Hall–Kier alpha value is -3.09. The molecule has 0 fully saturated rings. The van der Waals surface area contributed by atoms with Gasteiger partial charge in [0.1, 0.15) is 5.52 Å². The highest BCUT2D eigenvalue weighted by Crippen LogP contribution is 2.25. The summed E-state index contributed by atoms with van der Waals surface area (Å²) in [6.07, 6.45) is 1.61. The lowest BCUT2D eigenvalue weighted by atomic mass is 10.1. The molecule has 0 saturated heterocycles. The lowest BCUT2D eigenvalue weighted by Crippen LogP contribution is -2.30. The molecule has 0 saturated carbocycles. The zero-order valence-corrected chi connectivity index (χ0v) is 13.7. The fourth-order valence-electron chi connectivity index (χ4n) is 2.43. The second-order valence-electron chi connectivity index (χ2n) is 5.94. The van der Waals surface area contributed by atoms with Crippen molar-refractivity contribution in [3.63, 3.8) is 0 Å². The molecule has 0 bridgehead atoms. The Balaban J connectivity index is 1.97. The normalized spacial score (nSPS) is 11.0. The quantitative estimate of drug-likeness (QED) is 0.591. The molecule has 1 aromatic carbocycles. The molecular formula is C17H19N5O2. The van der Waals surface area contributed by atoms with E-state index >= 15 is 0 Å². The Kier molecular flexibility index (Phi) is 4.07. The van der Waals surface area contributed by atoms with Gasteiger partial charge in [-0.2, -0.15) is 0 Å². The first kappa shape index (κ1) is 15.8. The number of rotatable bonds is 4. The topological polar surface area (TPSA) is 103 Å². The number of aromatic amines is 2. The van der Waals surface area contributed by atoms with Gasteiger partial charge < -0.3 is 15.6 Å². The Morgan fingerprint density at radius 3 is 2.71 bits per heavy atom. The number of amides is 1. The van der Waals surface area contributed by atoms with E-state index in [9.17, 15) is 9.59 Å². The van der Waals surface area contributed by atoms with Crippen LogP contribution in [-0.4, -0.2) is 26.9 Å². The highest BCUT2D eigenvalue weighted by Gasteiger charge is 2.11. The van der Waals surface area contributed by atoms with E-state index in [2.05, 4.69) is 25.6 Å². The summed E-state index contributed by atoms with van der Waals surface area (Å²) >= 11 is 0. The van der Waals surface area contributed by atoms with Gasteiger partial charge in [-0.05, 0) is 44.5 Å². The summed E-state index contributed by atoms with van der Waals surface area (Å²) in [6, 6.07) is 7.31. The van der Waals surface area contributed by atoms with E-state index in [1.165, 1.54) is 0 Å². The Labute approximate surface area is 138 Å². The number of hydrogen-bond donors (Lipinski definition) is 4. The lowest BCUT2D eigenvalue weighted by Gasteiger charge is -2.13.